The fourth-order valence-electron chi connectivity index (χ4n) is 2.08. The van der Waals surface area contributed by atoms with Crippen molar-refractivity contribution in [3.63, 3.8) is 0 Å². The Morgan fingerprint density at radius 1 is 1.15 bits per heavy atom. The van der Waals surface area contributed by atoms with Gasteiger partial charge in [0.25, 0.3) is 5.56 Å². The summed E-state index contributed by atoms with van der Waals surface area (Å²) in [6.07, 6.45) is 1.40. The lowest BCUT2D eigenvalue weighted by molar-refractivity contribution is -0.116. The van der Waals surface area contributed by atoms with Crippen molar-refractivity contribution in [1.29, 1.82) is 0 Å². The van der Waals surface area contributed by atoms with Crippen molar-refractivity contribution in [2.24, 2.45) is 5.92 Å². The van der Waals surface area contributed by atoms with Crippen LogP contribution in [0.3, 0.4) is 0 Å². The average molecular weight is 359 g/mol. The van der Waals surface area contributed by atoms with Gasteiger partial charge < -0.3 is 14.6 Å². The number of aromatic amines is 1. The van der Waals surface area contributed by atoms with Gasteiger partial charge >= 0.3 is 11.7 Å². The van der Waals surface area contributed by atoms with Crippen LogP contribution in [0.5, 0.6) is 0 Å². The topological polar surface area (TPSA) is 110 Å². The van der Waals surface area contributed by atoms with E-state index >= 15 is 0 Å². The lowest BCUT2D eigenvalue weighted by Gasteiger charge is -2.09. The van der Waals surface area contributed by atoms with Crippen LogP contribution in [0, 0.1) is 5.92 Å². The second kappa shape index (κ2) is 8.80. The summed E-state index contributed by atoms with van der Waals surface area (Å²) >= 11 is 0. The molecule has 0 bridgehead atoms. The number of carbonyl (C=O) groups is 2. The molecule has 1 aromatic heterocycles. The maximum Gasteiger partial charge on any atom is 0.338 e. The van der Waals surface area contributed by atoms with E-state index in [4.69, 9.17) is 4.74 Å². The van der Waals surface area contributed by atoms with E-state index < -0.39 is 17.2 Å². The third kappa shape index (κ3) is 5.73. The number of benzene rings is 1. The van der Waals surface area contributed by atoms with Gasteiger partial charge in [0.05, 0.1) is 12.2 Å². The van der Waals surface area contributed by atoms with E-state index in [1.54, 1.807) is 24.3 Å². The SMILES string of the molecule is CC(C)COC(=O)c1ccc(NC(=O)CCn2ccc(=O)[nH]c2=O)cc1. The largest absolute Gasteiger partial charge is 0.462 e. The van der Waals surface area contributed by atoms with Gasteiger partial charge in [-0.05, 0) is 30.2 Å². The smallest absolute Gasteiger partial charge is 0.338 e. The summed E-state index contributed by atoms with van der Waals surface area (Å²) in [4.78, 5) is 48.5. The lowest BCUT2D eigenvalue weighted by atomic mass is 10.2. The van der Waals surface area contributed by atoms with Crippen LogP contribution in [0.4, 0.5) is 5.69 Å². The molecule has 8 nitrogen and oxygen atoms in total. The number of esters is 1. The first-order valence-corrected chi connectivity index (χ1v) is 8.22. The van der Waals surface area contributed by atoms with Gasteiger partial charge in [0.2, 0.25) is 5.91 Å². The maximum atomic E-state index is 12.0. The lowest BCUT2D eigenvalue weighted by Crippen LogP contribution is -2.29. The Kier molecular flexibility index (Phi) is 6.48. The monoisotopic (exact) mass is 359 g/mol. The molecule has 138 valence electrons. The van der Waals surface area contributed by atoms with Gasteiger partial charge in [-0.2, -0.15) is 0 Å². The molecule has 0 atom stereocenters. The third-order valence-corrected chi connectivity index (χ3v) is 3.43. The minimum atomic E-state index is -0.561. The average Bonchev–Trinajstić information content (AvgIpc) is 2.59. The molecule has 1 heterocycles. The number of hydrogen-bond acceptors (Lipinski definition) is 5. The Morgan fingerprint density at radius 3 is 2.46 bits per heavy atom. The first-order chi connectivity index (χ1) is 12.3. The number of aryl methyl sites for hydroxylation is 1. The number of amides is 1. The number of aromatic nitrogens is 2. The first-order valence-electron chi connectivity index (χ1n) is 8.22. The number of carbonyl (C=O) groups excluding carboxylic acids is 2. The summed E-state index contributed by atoms with van der Waals surface area (Å²) in [6, 6.07) is 7.58. The summed E-state index contributed by atoms with van der Waals surface area (Å²) in [5.41, 5.74) is -0.107. The minimum absolute atomic E-state index is 0.0597. The quantitative estimate of drug-likeness (QED) is 0.726. The second-order valence-electron chi connectivity index (χ2n) is 6.17. The molecule has 0 radical (unpaired) electrons. The van der Waals surface area contributed by atoms with Gasteiger partial charge in [0.1, 0.15) is 0 Å². The van der Waals surface area contributed by atoms with Gasteiger partial charge in [0, 0.05) is 30.9 Å². The molecule has 0 saturated carbocycles. The van der Waals surface area contributed by atoms with Crippen LogP contribution in [0.2, 0.25) is 0 Å². The van der Waals surface area contributed by atoms with Crippen LogP contribution in [0.15, 0.2) is 46.1 Å². The van der Waals surface area contributed by atoms with E-state index in [1.807, 2.05) is 13.8 Å². The summed E-state index contributed by atoms with van der Waals surface area (Å²) < 4.78 is 6.38. The summed E-state index contributed by atoms with van der Waals surface area (Å²) in [7, 11) is 0. The Labute approximate surface area is 149 Å². The van der Waals surface area contributed by atoms with Crippen molar-refractivity contribution in [3.8, 4) is 0 Å². The number of H-pyrrole nitrogens is 1. The Balaban J connectivity index is 1.88. The number of anilines is 1. The molecule has 2 rings (SSSR count). The van der Waals surface area contributed by atoms with Crippen molar-refractivity contribution >= 4 is 17.6 Å². The molecular formula is C18H21N3O5. The zero-order chi connectivity index (χ0) is 19.1. The van der Waals surface area contributed by atoms with E-state index in [9.17, 15) is 19.2 Å². The highest BCUT2D eigenvalue weighted by molar-refractivity contribution is 5.93. The van der Waals surface area contributed by atoms with Gasteiger partial charge in [-0.3, -0.25) is 14.6 Å². The molecule has 0 aliphatic heterocycles. The molecule has 26 heavy (non-hydrogen) atoms. The molecule has 0 saturated heterocycles. The molecule has 0 aliphatic rings. The number of rotatable bonds is 7. The number of nitrogens with one attached hydrogen (secondary N) is 2. The molecule has 0 spiro atoms. The molecule has 2 N–H and O–H groups in total. The van der Waals surface area contributed by atoms with E-state index in [1.165, 1.54) is 16.8 Å². The van der Waals surface area contributed by atoms with Crippen molar-refractivity contribution in [3.05, 3.63) is 62.9 Å². The van der Waals surface area contributed by atoms with Crippen molar-refractivity contribution < 1.29 is 14.3 Å². The standard InChI is InChI=1S/C18H21N3O5/c1-12(2)11-26-17(24)13-3-5-14(6-4-13)19-15(22)7-9-21-10-8-16(23)20-18(21)25/h3-6,8,10,12H,7,9,11H2,1-2H3,(H,19,22)(H,20,23,25). The number of nitrogens with zero attached hydrogens (tertiary/aromatic N) is 1. The van der Waals surface area contributed by atoms with Crippen molar-refractivity contribution in [2.75, 3.05) is 11.9 Å². The van der Waals surface area contributed by atoms with Crippen LogP contribution < -0.4 is 16.6 Å². The zero-order valence-electron chi connectivity index (χ0n) is 14.7. The Hall–Kier alpha value is -3.16. The molecule has 0 aliphatic carbocycles. The zero-order valence-corrected chi connectivity index (χ0v) is 14.7. The van der Waals surface area contributed by atoms with Crippen LogP contribution >= 0.6 is 0 Å². The molecular weight excluding hydrogens is 338 g/mol. The van der Waals surface area contributed by atoms with Crippen LogP contribution in [0.1, 0.15) is 30.6 Å². The third-order valence-electron chi connectivity index (χ3n) is 3.43. The predicted octanol–water partition coefficient (Wildman–Crippen LogP) is 1.38. The van der Waals surface area contributed by atoms with Crippen molar-refractivity contribution in [1.82, 2.24) is 9.55 Å². The number of ether oxygens (including phenoxy) is 1. The van der Waals surface area contributed by atoms with Crippen LogP contribution in [0.25, 0.3) is 0 Å². The maximum absolute atomic E-state index is 12.0. The van der Waals surface area contributed by atoms with Gasteiger partial charge in [-0.1, -0.05) is 13.8 Å². The molecule has 2 aromatic rings. The van der Waals surface area contributed by atoms with E-state index in [0.717, 1.165) is 0 Å². The number of hydrogen-bond donors (Lipinski definition) is 2. The molecule has 8 heteroatoms. The van der Waals surface area contributed by atoms with Gasteiger partial charge in [-0.15, -0.1) is 0 Å². The van der Waals surface area contributed by atoms with Crippen LogP contribution in [-0.2, 0) is 16.1 Å². The summed E-state index contributed by atoms with van der Waals surface area (Å²) in [5.74, 6) is -0.445. The molecule has 1 aromatic carbocycles. The fourth-order valence-corrected chi connectivity index (χ4v) is 2.08. The predicted molar refractivity (Wildman–Crippen MR) is 96.1 cm³/mol. The van der Waals surface area contributed by atoms with E-state index in [0.29, 0.717) is 17.9 Å². The van der Waals surface area contributed by atoms with Crippen molar-refractivity contribution in [2.45, 2.75) is 26.8 Å². The minimum Gasteiger partial charge on any atom is -0.462 e. The summed E-state index contributed by atoms with van der Waals surface area (Å²) in [6.45, 7) is 4.39. The molecule has 0 fully saturated rings. The molecule has 1 amide bonds. The Morgan fingerprint density at radius 2 is 1.85 bits per heavy atom. The first kappa shape index (κ1) is 19.2. The van der Waals surface area contributed by atoms with E-state index in [2.05, 4.69) is 10.3 Å². The summed E-state index contributed by atoms with van der Waals surface area (Å²) in [5, 5.41) is 2.68. The van der Waals surface area contributed by atoms with Gasteiger partial charge in [0.15, 0.2) is 0 Å². The fraction of sp³-hybridized carbons (Fsp3) is 0.333. The highest BCUT2D eigenvalue weighted by Crippen LogP contribution is 2.11. The highest BCUT2D eigenvalue weighted by Gasteiger charge is 2.09. The normalized spacial score (nSPS) is 10.6. The highest BCUT2D eigenvalue weighted by atomic mass is 16.5. The second-order valence-corrected chi connectivity index (χ2v) is 6.17. The Bertz CT molecular complexity index is 881. The van der Waals surface area contributed by atoms with Gasteiger partial charge in [-0.25, -0.2) is 9.59 Å². The van der Waals surface area contributed by atoms with Crippen LogP contribution in [-0.4, -0.2) is 28.0 Å². The van der Waals surface area contributed by atoms with E-state index in [-0.39, 0.29) is 24.8 Å². The molecule has 0 unspecified atom stereocenters.